The quantitative estimate of drug-likeness (QED) is 0.139. The first-order chi connectivity index (χ1) is 21.2. The average molecular weight is 672 g/mol. The molecule has 2 heterocycles. The summed E-state index contributed by atoms with van der Waals surface area (Å²) in [6, 6.07) is -0.340. The van der Waals surface area contributed by atoms with Crippen LogP contribution in [0.1, 0.15) is 64.4 Å². The summed E-state index contributed by atoms with van der Waals surface area (Å²) in [6.07, 6.45) is -0.461. The third-order valence-electron chi connectivity index (χ3n) is 9.07. The molecule has 2 aliphatic heterocycles. The number of amides is 3. The highest BCUT2D eigenvalue weighted by Gasteiger charge is 2.51. The highest BCUT2D eigenvalue weighted by atomic mass is 35.5. The molecule has 3 aliphatic rings. The number of phenolic OH excluding ortho intramolecular Hbond substituents is 1. The van der Waals surface area contributed by atoms with Gasteiger partial charge in [0, 0.05) is 19.0 Å². The number of aliphatic hydroxyl groups excluding tert-OH is 3. The molecule has 2 saturated heterocycles. The minimum Gasteiger partial charge on any atom is -0.505 e. The largest absolute Gasteiger partial charge is 0.505 e. The number of likely N-dealkylation sites (tertiary alicyclic amines) is 2. The number of aliphatic hydroxyl groups is 3. The van der Waals surface area contributed by atoms with Crippen LogP contribution in [0, 0.1) is 17.2 Å². The number of halogens is 2. The van der Waals surface area contributed by atoms with Crippen LogP contribution in [0.3, 0.4) is 0 Å². The fourth-order valence-electron chi connectivity index (χ4n) is 6.85. The molecule has 1 aliphatic carbocycles. The summed E-state index contributed by atoms with van der Waals surface area (Å²) >= 11 is 12.0. The Kier molecular flexibility index (Phi) is 11.5. The molecule has 0 unspecified atom stereocenters. The number of carbonyl (C=O) groups is 3. The number of piperidine rings is 1. The Morgan fingerprint density at radius 1 is 1.11 bits per heavy atom. The van der Waals surface area contributed by atoms with Crippen molar-refractivity contribution in [3.05, 3.63) is 27.7 Å². The molecule has 0 bridgehead atoms. The van der Waals surface area contributed by atoms with Gasteiger partial charge in [-0.25, -0.2) is 0 Å². The van der Waals surface area contributed by atoms with Crippen molar-refractivity contribution in [3.8, 4) is 5.75 Å². The van der Waals surface area contributed by atoms with Crippen molar-refractivity contribution in [3.63, 3.8) is 0 Å². The van der Waals surface area contributed by atoms with Crippen molar-refractivity contribution in [2.75, 3.05) is 6.54 Å². The first-order valence-corrected chi connectivity index (χ1v) is 16.2. The maximum atomic E-state index is 14.3. The summed E-state index contributed by atoms with van der Waals surface area (Å²) in [5.41, 5.74) is 6.01. The van der Waals surface area contributed by atoms with E-state index in [9.17, 15) is 34.8 Å². The van der Waals surface area contributed by atoms with Gasteiger partial charge in [0.05, 0.1) is 22.2 Å². The summed E-state index contributed by atoms with van der Waals surface area (Å²) in [5.74, 6) is -2.44. The molecule has 8 atom stereocenters. The van der Waals surface area contributed by atoms with E-state index in [0.29, 0.717) is 44.2 Å². The lowest BCUT2D eigenvalue weighted by Crippen LogP contribution is -2.62. The number of rotatable bonds is 9. The van der Waals surface area contributed by atoms with Crippen LogP contribution in [0.2, 0.25) is 10.0 Å². The topological polar surface area (TPSA) is 213 Å². The first kappa shape index (κ1) is 35.0. The van der Waals surface area contributed by atoms with Gasteiger partial charge in [0.1, 0.15) is 24.4 Å². The Labute approximate surface area is 272 Å². The lowest BCUT2D eigenvalue weighted by molar-refractivity contribution is -0.146. The SMILES string of the molecule is CC(C)C[C@H](NC(=O)[C@@H](O)Cc1cc(Cl)c(O)c(Cl)c1)C(=O)N1[C@@H](C(=O)N[C@@H]2CCCN(C(=N)N)[C@@H]2O)C[C@H]2CC[C@@H](O)C[C@H]21. The number of fused-ring (bicyclic) bond motifs is 1. The molecule has 0 spiro atoms. The lowest BCUT2D eigenvalue weighted by atomic mass is 9.83. The van der Waals surface area contributed by atoms with Crippen LogP contribution in [0.25, 0.3) is 0 Å². The maximum Gasteiger partial charge on any atom is 0.249 e. The molecule has 4 rings (SSSR count). The minimum atomic E-state index is -1.57. The molecule has 15 heteroatoms. The van der Waals surface area contributed by atoms with Crippen molar-refractivity contribution in [2.24, 2.45) is 17.6 Å². The van der Waals surface area contributed by atoms with E-state index in [-0.39, 0.29) is 52.9 Å². The number of carbonyl (C=O) groups excluding carboxylic acids is 3. The predicted octanol–water partition coefficient (Wildman–Crippen LogP) is 1.06. The summed E-state index contributed by atoms with van der Waals surface area (Å²) in [5, 5.41) is 55.1. The fraction of sp³-hybridized carbons (Fsp3) is 0.667. The maximum absolute atomic E-state index is 14.3. The van der Waals surface area contributed by atoms with Crippen LogP contribution >= 0.6 is 23.2 Å². The van der Waals surface area contributed by atoms with E-state index in [4.69, 9.17) is 34.3 Å². The Bertz CT molecular complexity index is 1260. The van der Waals surface area contributed by atoms with Gasteiger partial charge in [0.15, 0.2) is 11.7 Å². The molecule has 0 aromatic heterocycles. The molecule has 250 valence electrons. The summed E-state index contributed by atoms with van der Waals surface area (Å²) < 4.78 is 0. The Morgan fingerprint density at radius 2 is 1.78 bits per heavy atom. The number of aromatic hydroxyl groups is 1. The molecule has 3 amide bonds. The number of nitrogens with zero attached hydrogens (tertiary/aromatic N) is 2. The van der Waals surface area contributed by atoms with Gasteiger partial charge in [-0.15, -0.1) is 0 Å². The molecule has 1 aromatic rings. The monoisotopic (exact) mass is 670 g/mol. The first-order valence-electron chi connectivity index (χ1n) is 15.4. The van der Waals surface area contributed by atoms with Crippen LogP contribution in [-0.4, -0.2) is 103 Å². The summed E-state index contributed by atoms with van der Waals surface area (Å²) in [7, 11) is 0. The number of hydrogen-bond acceptors (Lipinski definition) is 8. The number of guanidine groups is 1. The Hall–Kier alpha value is -2.84. The zero-order valence-electron chi connectivity index (χ0n) is 25.5. The molecule has 1 aromatic carbocycles. The van der Waals surface area contributed by atoms with Crippen LogP contribution in [0.4, 0.5) is 0 Å². The molecule has 13 nitrogen and oxygen atoms in total. The molecule has 45 heavy (non-hydrogen) atoms. The van der Waals surface area contributed by atoms with Crippen LogP contribution in [-0.2, 0) is 20.8 Å². The van der Waals surface area contributed by atoms with Gasteiger partial charge >= 0.3 is 0 Å². The predicted molar refractivity (Wildman–Crippen MR) is 167 cm³/mol. The Balaban J connectivity index is 1.54. The number of nitrogens with one attached hydrogen (secondary N) is 3. The van der Waals surface area contributed by atoms with Crippen molar-refractivity contribution >= 4 is 46.9 Å². The van der Waals surface area contributed by atoms with E-state index >= 15 is 0 Å². The zero-order valence-corrected chi connectivity index (χ0v) is 27.0. The van der Waals surface area contributed by atoms with Crippen LogP contribution in [0.15, 0.2) is 12.1 Å². The second-order valence-corrected chi connectivity index (χ2v) is 13.7. The van der Waals surface area contributed by atoms with E-state index in [1.807, 2.05) is 13.8 Å². The third kappa shape index (κ3) is 8.12. The number of hydrogen-bond donors (Lipinski definition) is 8. The molecule has 9 N–H and O–H groups in total. The van der Waals surface area contributed by atoms with Crippen LogP contribution in [0.5, 0.6) is 5.75 Å². The zero-order chi connectivity index (χ0) is 33.2. The number of nitrogens with two attached hydrogens (primary N) is 1. The van der Waals surface area contributed by atoms with Gasteiger partial charge in [0.2, 0.25) is 17.7 Å². The Morgan fingerprint density at radius 3 is 2.40 bits per heavy atom. The van der Waals surface area contributed by atoms with Crippen molar-refractivity contribution < 1.29 is 34.8 Å². The molecule has 1 saturated carbocycles. The van der Waals surface area contributed by atoms with Gasteiger partial charge in [-0.1, -0.05) is 37.0 Å². The second-order valence-electron chi connectivity index (χ2n) is 12.9. The molecule has 0 radical (unpaired) electrons. The van der Waals surface area contributed by atoms with Gasteiger partial charge < -0.3 is 46.6 Å². The highest BCUT2D eigenvalue weighted by Crippen LogP contribution is 2.41. The van der Waals surface area contributed by atoms with Gasteiger partial charge in [-0.05, 0) is 74.5 Å². The smallest absolute Gasteiger partial charge is 0.249 e. The van der Waals surface area contributed by atoms with E-state index in [0.717, 1.165) is 0 Å². The normalized spacial score (nSPS) is 27.9. The van der Waals surface area contributed by atoms with E-state index < -0.39 is 60.3 Å². The van der Waals surface area contributed by atoms with Crippen LogP contribution < -0.4 is 16.4 Å². The van der Waals surface area contributed by atoms with E-state index in [1.165, 1.54) is 21.9 Å². The van der Waals surface area contributed by atoms with Gasteiger partial charge in [0.25, 0.3) is 0 Å². The van der Waals surface area contributed by atoms with Gasteiger partial charge in [-0.3, -0.25) is 19.8 Å². The van der Waals surface area contributed by atoms with E-state index in [2.05, 4.69) is 10.6 Å². The standard InChI is InChI=1S/C30H44Cl2N6O7/c1-14(2)8-21(36-27(43)24(40)11-15-9-18(31)25(41)19(32)10-15)29(45)38-22-13-17(39)6-5-16(22)12-23(38)26(42)35-20-4-3-7-37(28(20)44)30(33)34/h9-10,14,16-17,20-24,28,39-41,44H,3-8,11-13H2,1-2H3,(H3,33,34)(H,35,42)(H,36,43)/t16-,17-,20-,21+,22-,23-,24+,28-/m1/s1. The lowest BCUT2D eigenvalue weighted by Gasteiger charge is -2.40. The van der Waals surface area contributed by atoms with Gasteiger partial charge in [-0.2, -0.15) is 0 Å². The van der Waals surface area contributed by atoms with Crippen molar-refractivity contribution in [1.29, 1.82) is 5.41 Å². The molecular weight excluding hydrogens is 627 g/mol. The summed E-state index contributed by atoms with van der Waals surface area (Å²) in [6.45, 7) is 4.15. The van der Waals surface area contributed by atoms with E-state index in [1.54, 1.807) is 0 Å². The average Bonchev–Trinajstić information content (AvgIpc) is 3.34. The van der Waals surface area contributed by atoms with Crippen molar-refractivity contribution in [1.82, 2.24) is 20.4 Å². The molecule has 3 fully saturated rings. The minimum absolute atomic E-state index is 0.0321. The van der Waals surface area contributed by atoms with Crippen molar-refractivity contribution in [2.45, 2.75) is 108 Å². The summed E-state index contributed by atoms with van der Waals surface area (Å²) in [4.78, 5) is 44.1. The third-order valence-corrected chi connectivity index (χ3v) is 9.64. The second kappa shape index (κ2) is 14.7. The number of benzene rings is 1. The molecular formula is C30H44Cl2N6O7. The highest BCUT2D eigenvalue weighted by molar-refractivity contribution is 6.37. The fourth-order valence-corrected chi connectivity index (χ4v) is 7.38. The number of phenols is 1.